The van der Waals surface area contributed by atoms with Crippen LogP contribution in [-0.2, 0) is 0 Å². The second kappa shape index (κ2) is 7.92. The topological polar surface area (TPSA) is 50.7 Å². The van der Waals surface area contributed by atoms with E-state index in [4.69, 9.17) is 9.47 Å². The molecule has 1 aliphatic rings. The average molecular weight is 311 g/mol. The lowest BCUT2D eigenvalue weighted by molar-refractivity contribution is 0.105. The summed E-state index contributed by atoms with van der Waals surface area (Å²) in [7, 11) is 1.62. The van der Waals surface area contributed by atoms with E-state index >= 15 is 0 Å². The number of aliphatic hydroxyl groups is 1. The molecule has 0 bridgehead atoms. The van der Waals surface area contributed by atoms with Gasteiger partial charge in [-0.2, -0.15) is 11.8 Å². The van der Waals surface area contributed by atoms with Crippen molar-refractivity contribution in [1.82, 2.24) is 5.32 Å². The second-order valence-electron chi connectivity index (χ2n) is 5.52. The molecule has 2 rings (SSSR count). The maximum atomic E-state index is 9.97. The van der Waals surface area contributed by atoms with Crippen molar-refractivity contribution in [3.05, 3.63) is 24.3 Å². The van der Waals surface area contributed by atoms with Crippen molar-refractivity contribution < 1.29 is 14.6 Å². The smallest absolute Gasteiger partial charge is 0.123 e. The fraction of sp³-hybridized carbons (Fsp3) is 0.625. The molecule has 1 saturated carbocycles. The maximum Gasteiger partial charge on any atom is 0.123 e. The van der Waals surface area contributed by atoms with Crippen LogP contribution in [0, 0.1) is 0 Å². The van der Waals surface area contributed by atoms with Crippen molar-refractivity contribution in [2.24, 2.45) is 0 Å². The molecule has 1 atom stereocenters. The summed E-state index contributed by atoms with van der Waals surface area (Å²) in [5.41, 5.74) is 0. The summed E-state index contributed by atoms with van der Waals surface area (Å²) in [6, 6.07) is 7.42. The number of thioether (sulfide) groups is 1. The Kier molecular flexibility index (Phi) is 6.21. The van der Waals surface area contributed by atoms with Crippen LogP contribution in [0.1, 0.15) is 19.3 Å². The Hall–Kier alpha value is -0.910. The molecule has 0 amide bonds. The van der Waals surface area contributed by atoms with Gasteiger partial charge in [-0.25, -0.2) is 0 Å². The molecular weight excluding hydrogens is 286 g/mol. The van der Waals surface area contributed by atoms with Gasteiger partial charge in [0.1, 0.15) is 24.2 Å². The number of aliphatic hydroxyl groups excluding tert-OH is 1. The van der Waals surface area contributed by atoms with Crippen LogP contribution >= 0.6 is 11.8 Å². The number of methoxy groups -OCH3 is 1. The fourth-order valence-electron chi connectivity index (χ4n) is 2.43. The summed E-state index contributed by atoms with van der Waals surface area (Å²) < 4.78 is 11.1. The van der Waals surface area contributed by atoms with Gasteiger partial charge in [-0.1, -0.05) is 12.5 Å². The lowest BCUT2D eigenvalue weighted by Gasteiger charge is -2.40. The molecule has 1 aromatic rings. The molecule has 0 spiro atoms. The van der Waals surface area contributed by atoms with Crippen molar-refractivity contribution in [1.29, 1.82) is 0 Å². The number of ether oxygens (including phenoxy) is 2. The van der Waals surface area contributed by atoms with Crippen LogP contribution in [0.2, 0.25) is 0 Å². The standard InChI is InChI=1S/C16H25NO3S/c1-19-14-5-3-6-15(9-14)20-11-13(18)10-17-12-16(21-2)7-4-8-16/h3,5-6,9,13,17-18H,4,7-8,10-12H2,1-2H3. The third kappa shape index (κ3) is 4.80. The Balaban J connectivity index is 1.66. The highest BCUT2D eigenvalue weighted by molar-refractivity contribution is 8.00. The van der Waals surface area contributed by atoms with E-state index in [0.29, 0.717) is 17.0 Å². The van der Waals surface area contributed by atoms with E-state index in [1.807, 2.05) is 36.0 Å². The van der Waals surface area contributed by atoms with Crippen LogP contribution in [0.4, 0.5) is 0 Å². The molecule has 0 heterocycles. The molecule has 0 aliphatic heterocycles. The lowest BCUT2D eigenvalue weighted by atomic mass is 9.84. The highest BCUT2D eigenvalue weighted by Crippen LogP contribution is 2.42. The summed E-state index contributed by atoms with van der Waals surface area (Å²) in [5.74, 6) is 1.47. The van der Waals surface area contributed by atoms with E-state index < -0.39 is 6.10 Å². The summed E-state index contributed by atoms with van der Waals surface area (Å²) in [5, 5.41) is 13.3. The molecule has 21 heavy (non-hydrogen) atoms. The van der Waals surface area contributed by atoms with Gasteiger partial charge in [0, 0.05) is 23.9 Å². The van der Waals surface area contributed by atoms with E-state index in [1.54, 1.807) is 7.11 Å². The predicted octanol–water partition coefficient (Wildman–Crippen LogP) is 2.31. The average Bonchev–Trinajstić information content (AvgIpc) is 2.48. The molecule has 2 N–H and O–H groups in total. The molecule has 5 heteroatoms. The van der Waals surface area contributed by atoms with Gasteiger partial charge < -0.3 is 19.9 Å². The highest BCUT2D eigenvalue weighted by Gasteiger charge is 2.35. The number of hydrogen-bond acceptors (Lipinski definition) is 5. The van der Waals surface area contributed by atoms with Gasteiger partial charge in [0.15, 0.2) is 0 Å². The van der Waals surface area contributed by atoms with Crippen LogP contribution in [0.3, 0.4) is 0 Å². The van der Waals surface area contributed by atoms with Crippen LogP contribution in [0.25, 0.3) is 0 Å². The fourth-order valence-corrected chi connectivity index (χ4v) is 3.38. The third-order valence-corrected chi connectivity index (χ3v) is 5.43. The summed E-state index contributed by atoms with van der Waals surface area (Å²) in [4.78, 5) is 0. The first-order chi connectivity index (χ1) is 10.2. The quantitative estimate of drug-likeness (QED) is 0.733. The van der Waals surface area contributed by atoms with Crippen LogP contribution < -0.4 is 14.8 Å². The van der Waals surface area contributed by atoms with E-state index in [2.05, 4.69) is 11.6 Å². The lowest BCUT2D eigenvalue weighted by Crippen LogP contribution is -2.45. The Morgan fingerprint density at radius 1 is 1.38 bits per heavy atom. The monoisotopic (exact) mass is 311 g/mol. The number of rotatable bonds is 9. The molecule has 0 saturated heterocycles. The maximum absolute atomic E-state index is 9.97. The zero-order valence-electron chi connectivity index (χ0n) is 12.8. The zero-order valence-corrected chi connectivity index (χ0v) is 13.6. The van der Waals surface area contributed by atoms with E-state index in [-0.39, 0.29) is 6.61 Å². The van der Waals surface area contributed by atoms with Crippen molar-refractivity contribution in [2.75, 3.05) is 33.1 Å². The van der Waals surface area contributed by atoms with Gasteiger partial charge >= 0.3 is 0 Å². The molecule has 0 aromatic heterocycles. The van der Waals surface area contributed by atoms with Crippen molar-refractivity contribution >= 4 is 11.8 Å². The minimum atomic E-state index is -0.504. The molecule has 118 valence electrons. The molecule has 4 nitrogen and oxygen atoms in total. The van der Waals surface area contributed by atoms with Crippen molar-refractivity contribution in [3.63, 3.8) is 0 Å². The van der Waals surface area contributed by atoms with Crippen LogP contribution in [-0.4, -0.2) is 49.0 Å². The number of hydrogen-bond donors (Lipinski definition) is 2. The zero-order chi connectivity index (χ0) is 15.1. The Morgan fingerprint density at radius 2 is 2.14 bits per heavy atom. The van der Waals surface area contributed by atoms with Crippen molar-refractivity contribution in [2.45, 2.75) is 30.1 Å². The van der Waals surface area contributed by atoms with Gasteiger partial charge in [0.25, 0.3) is 0 Å². The minimum Gasteiger partial charge on any atom is -0.497 e. The largest absolute Gasteiger partial charge is 0.497 e. The Morgan fingerprint density at radius 3 is 2.76 bits per heavy atom. The molecule has 0 radical (unpaired) electrons. The van der Waals surface area contributed by atoms with Crippen LogP contribution in [0.15, 0.2) is 24.3 Å². The molecule has 1 fully saturated rings. The number of nitrogens with one attached hydrogen (secondary N) is 1. The summed E-state index contributed by atoms with van der Waals surface area (Å²) >= 11 is 1.94. The Bertz CT molecular complexity index is 432. The molecule has 1 aliphatic carbocycles. The molecule has 1 unspecified atom stereocenters. The van der Waals surface area contributed by atoms with E-state index in [1.165, 1.54) is 19.3 Å². The van der Waals surface area contributed by atoms with Gasteiger partial charge in [-0.15, -0.1) is 0 Å². The first-order valence-electron chi connectivity index (χ1n) is 7.38. The summed E-state index contributed by atoms with van der Waals surface area (Å²) in [6.45, 7) is 1.81. The van der Waals surface area contributed by atoms with E-state index in [0.717, 1.165) is 12.3 Å². The minimum absolute atomic E-state index is 0.284. The van der Waals surface area contributed by atoms with Gasteiger partial charge in [-0.3, -0.25) is 0 Å². The normalized spacial score (nSPS) is 17.9. The molecule has 1 aromatic carbocycles. The highest BCUT2D eigenvalue weighted by atomic mass is 32.2. The SMILES string of the molecule is COc1cccc(OCC(O)CNCC2(SC)CCC2)c1. The second-order valence-corrected chi connectivity index (χ2v) is 6.79. The van der Waals surface area contributed by atoms with Crippen molar-refractivity contribution in [3.8, 4) is 11.5 Å². The van der Waals surface area contributed by atoms with E-state index in [9.17, 15) is 5.11 Å². The van der Waals surface area contributed by atoms with Gasteiger partial charge in [0.2, 0.25) is 0 Å². The first-order valence-corrected chi connectivity index (χ1v) is 8.61. The number of benzene rings is 1. The predicted molar refractivity (Wildman–Crippen MR) is 87.5 cm³/mol. The summed E-state index contributed by atoms with van der Waals surface area (Å²) in [6.07, 6.45) is 5.54. The Labute approximate surface area is 131 Å². The van der Waals surface area contributed by atoms with Gasteiger partial charge in [-0.05, 0) is 31.2 Å². The first kappa shape index (κ1) is 16.5. The van der Waals surface area contributed by atoms with Crippen LogP contribution in [0.5, 0.6) is 11.5 Å². The van der Waals surface area contributed by atoms with Gasteiger partial charge in [0.05, 0.1) is 7.11 Å². The molecular formula is C16H25NO3S. The third-order valence-electron chi connectivity index (χ3n) is 4.01.